The summed E-state index contributed by atoms with van der Waals surface area (Å²) in [6.45, 7) is 0.164. The van der Waals surface area contributed by atoms with Crippen LogP contribution in [0.1, 0.15) is 15.9 Å². The Morgan fingerprint density at radius 2 is 2.04 bits per heavy atom. The van der Waals surface area contributed by atoms with Gasteiger partial charge in [-0.2, -0.15) is 5.10 Å². The second-order valence-corrected chi connectivity index (χ2v) is 4.47. The van der Waals surface area contributed by atoms with E-state index >= 15 is 0 Å². The van der Waals surface area contributed by atoms with Crippen molar-refractivity contribution in [2.24, 2.45) is 5.10 Å². The first-order chi connectivity index (χ1) is 11.2. The summed E-state index contributed by atoms with van der Waals surface area (Å²) in [4.78, 5) is 11.8. The van der Waals surface area contributed by atoms with Crippen molar-refractivity contribution in [1.82, 2.24) is 5.43 Å². The molecule has 0 saturated heterocycles. The molecular formula is C18H16N2O3. The quantitative estimate of drug-likeness (QED) is 0.506. The average Bonchev–Trinajstić information content (AvgIpc) is 2.61. The summed E-state index contributed by atoms with van der Waals surface area (Å²) in [6, 6.07) is 14.1. The highest BCUT2D eigenvalue weighted by Crippen LogP contribution is 2.27. The smallest absolute Gasteiger partial charge is 0.271 e. The van der Waals surface area contributed by atoms with Gasteiger partial charge in [0.2, 0.25) is 0 Å². The first-order valence-electron chi connectivity index (χ1n) is 6.87. The number of ether oxygens (including phenoxy) is 2. The zero-order valence-corrected chi connectivity index (χ0v) is 12.7. The van der Waals surface area contributed by atoms with Gasteiger partial charge in [-0.05, 0) is 35.9 Å². The van der Waals surface area contributed by atoms with E-state index in [1.54, 1.807) is 42.5 Å². The second kappa shape index (κ2) is 8.25. The summed E-state index contributed by atoms with van der Waals surface area (Å²) in [6.07, 6.45) is 6.68. The van der Waals surface area contributed by atoms with Crippen LogP contribution < -0.4 is 14.9 Å². The molecule has 2 rings (SSSR count). The molecule has 0 fully saturated rings. The first kappa shape index (κ1) is 16.1. The van der Waals surface area contributed by atoms with E-state index in [2.05, 4.69) is 16.4 Å². The van der Waals surface area contributed by atoms with Crippen LogP contribution in [0.25, 0.3) is 0 Å². The molecule has 0 radical (unpaired) electrons. The topological polar surface area (TPSA) is 59.9 Å². The van der Waals surface area contributed by atoms with Crippen LogP contribution in [0.2, 0.25) is 0 Å². The Labute approximate surface area is 134 Å². The molecule has 0 unspecified atom stereocenters. The number of carbonyl (C=O) groups excluding carboxylic acids is 1. The van der Waals surface area contributed by atoms with Crippen molar-refractivity contribution in [3.8, 4) is 23.8 Å². The third-order valence-corrected chi connectivity index (χ3v) is 2.91. The highest BCUT2D eigenvalue weighted by atomic mass is 16.5. The van der Waals surface area contributed by atoms with Gasteiger partial charge in [-0.15, -0.1) is 6.42 Å². The molecule has 116 valence electrons. The van der Waals surface area contributed by atoms with Gasteiger partial charge in [-0.1, -0.05) is 24.1 Å². The van der Waals surface area contributed by atoms with Gasteiger partial charge in [0.05, 0.1) is 13.3 Å². The molecule has 5 heteroatoms. The van der Waals surface area contributed by atoms with Crippen molar-refractivity contribution in [3.05, 3.63) is 59.7 Å². The Morgan fingerprint density at radius 3 is 2.74 bits per heavy atom. The number of hydrogen-bond donors (Lipinski definition) is 1. The maximum atomic E-state index is 11.8. The van der Waals surface area contributed by atoms with Crippen LogP contribution in [-0.2, 0) is 0 Å². The van der Waals surface area contributed by atoms with E-state index in [-0.39, 0.29) is 12.5 Å². The minimum absolute atomic E-state index is 0.164. The second-order valence-electron chi connectivity index (χ2n) is 4.47. The van der Waals surface area contributed by atoms with Crippen LogP contribution >= 0.6 is 0 Å². The molecule has 0 atom stereocenters. The third-order valence-electron chi connectivity index (χ3n) is 2.91. The molecule has 5 nitrogen and oxygen atoms in total. The van der Waals surface area contributed by atoms with Crippen LogP contribution in [-0.4, -0.2) is 25.8 Å². The number of amides is 1. The number of hydrazone groups is 1. The number of terminal acetylenes is 1. The standard InChI is InChI=1S/C18H16N2O3/c1-3-11-23-16-10-9-14(12-17(16)22-2)13-19-20-18(21)15-7-5-4-6-8-15/h1,4-10,12-13H,11H2,2H3,(H,20,21)/b19-13-. The lowest BCUT2D eigenvalue weighted by Gasteiger charge is -2.09. The van der Waals surface area contributed by atoms with Gasteiger partial charge in [-0.25, -0.2) is 5.43 Å². The molecule has 0 heterocycles. The predicted molar refractivity (Wildman–Crippen MR) is 88.8 cm³/mol. The van der Waals surface area contributed by atoms with E-state index < -0.39 is 0 Å². The van der Waals surface area contributed by atoms with E-state index in [1.165, 1.54) is 13.3 Å². The number of nitrogens with zero attached hydrogens (tertiary/aromatic N) is 1. The molecule has 0 spiro atoms. The highest BCUT2D eigenvalue weighted by Gasteiger charge is 2.05. The Hall–Kier alpha value is -3.26. The van der Waals surface area contributed by atoms with Crippen molar-refractivity contribution < 1.29 is 14.3 Å². The van der Waals surface area contributed by atoms with Crippen LogP contribution in [0, 0.1) is 12.3 Å². The average molecular weight is 308 g/mol. The van der Waals surface area contributed by atoms with E-state index in [0.29, 0.717) is 17.1 Å². The van der Waals surface area contributed by atoms with Crippen molar-refractivity contribution >= 4 is 12.1 Å². The lowest BCUT2D eigenvalue weighted by molar-refractivity contribution is 0.0955. The fourth-order valence-corrected chi connectivity index (χ4v) is 1.82. The van der Waals surface area contributed by atoms with Crippen molar-refractivity contribution in [2.75, 3.05) is 13.7 Å². The normalized spacial score (nSPS) is 10.1. The van der Waals surface area contributed by atoms with E-state index in [1.807, 2.05) is 6.07 Å². The highest BCUT2D eigenvalue weighted by molar-refractivity contribution is 5.94. The summed E-state index contributed by atoms with van der Waals surface area (Å²) < 4.78 is 10.6. The number of nitrogens with one attached hydrogen (secondary N) is 1. The minimum Gasteiger partial charge on any atom is -0.493 e. The third kappa shape index (κ3) is 4.61. The lowest BCUT2D eigenvalue weighted by Crippen LogP contribution is -2.17. The van der Waals surface area contributed by atoms with Crippen LogP contribution in [0.5, 0.6) is 11.5 Å². The van der Waals surface area contributed by atoms with Crippen LogP contribution in [0.15, 0.2) is 53.6 Å². The summed E-state index contributed by atoms with van der Waals surface area (Å²) in [7, 11) is 1.54. The monoisotopic (exact) mass is 308 g/mol. The number of hydrogen-bond acceptors (Lipinski definition) is 4. The first-order valence-corrected chi connectivity index (χ1v) is 6.87. The summed E-state index contributed by atoms with van der Waals surface area (Å²) >= 11 is 0. The van der Waals surface area contributed by atoms with Gasteiger partial charge < -0.3 is 9.47 Å². The summed E-state index contributed by atoms with van der Waals surface area (Å²) in [5.41, 5.74) is 3.76. The molecule has 0 aliphatic rings. The number of carbonyl (C=O) groups is 1. The van der Waals surface area contributed by atoms with Crippen LogP contribution in [0.3, 0.4) is 0 Å². The predicted octanol–water partition coefficient (Wildman–Crippen LogP) is 2.47. The molecule has 0 aliphatic heterocycles. The largest absolute Gasteiger partial charge is 0.493 e. The number of rotatable bonds is 6. The summed E-state index contributed by atoms with van der Waals surface area (Å²) in [5.74, 6) is 3.21. The van der Waals surface area contributed by atoms with Gasteiger partial charge in [0.1, 0.15) is 6.61 Å². The number of benzene rings is 2. The zero-order valence-electron chi connectivity index (χ0n) is 12.7. The molecule has 1 N–H and O–H groups in total. The molecule has 0 saturated carbocycles. The van der Waals surface area contributed by atoms with E-state index in [4.69, 9.17) is 15.9 Å². The SMILES string of the molecule is C#CCOc1ccc(/C=N\NC(=O)c2ccccc2)cc1OC. The Kier molecular flexibility index (Phi) is 5.78. The molecule has 0 aromatic heterocycles. The van der Waals surface area contributed by atoms with Crippen molar-refractivity contribution in [3.63, 3.8) is 0 Å². The minimum atomic E-state index is -0.275. The molecule has 2 aromatic carbocycles. The van der Waals surface area contributed by atoms with Gasteiger partial charge >= 0.3 is 0 Å². The fraction of sp³-hybridized carbons (Fsp3) is 0.111. The zero-order chi connectivity index (χ0) is 16.5. The van der Waals surface area contributed by atoms with Crippen LogP contribution in [0.4, 0.5) is 0 Å². The molecule has 0 bridgehead atoms. The Balaban J connectivity index is 2.02. The van der Waals surface area contributed by atoms with E-state index in [9.17, 15) is 4.79 Å². The van der Waals surface area contributed by atoms with Crippen molar-refractivity contribution in [2.45, 2.75) is 0 Å². The molecule has 0 aliphatic carbocycles. The molecule has 2 aromatic rings. The lowest BCUT2D eigenvalue weighted by atomic mass is 10.2. The summed E-state index contributed by atoms with van der Waals surface area (Å²) in [5, 5.41) is 3.93. The van der Waals surface area contributed by atoms with Crippen molar-refractivity contribution in [1.29, 1.82) is 0 Å². The fourth-order valence-electron chi connectivity index (χ4n) is 1.82. The van der Waals surface area contributed by atoms with Gasteiger partial charge in [0.25, 0.3) is 5.91 Å². The maximum absolute atomic E-state index is 11.8. The maximum Gasteiger partial charge on any atom is 0.271 e. The number of methoxy groups -OCH3 is 1. The molecule has 23 heavy (non-hydrogen) atoms. The van der Waals surface area contributed by atoms with Gasteiger partial charge in [0, 0.05) is 5.56 Å². The molecule has 1 amide bonds. The molecular weight excluding hydrogens is 292 g/mol. The van der Waals surface area contributed by atoms with Gasteiger partial charge in [0.15, 0.2) is 11.5 Å². The van der Waals surface area contributed by atoms with E-state index in [0.717, 1.165) is 5.56 Å². The van der Waals surface area contributed by atoms with Gasteiger partial charge in [-0.3, -0.25) is 4.79 Å². The Bertz CT molecular complexity index is 734. The Morgan fingerprint density at radius 1 is 1.26 bits per heavy atom.